The van der Waals surface area contributed by atoms with Crippen LogP contribution in [0.15, 0.2) is 0 Å². The van der Waals surface area contributed by atoms with Crippen molar-refractivity contribution < 1.29 is 13.2 Å². The van der Waals surface area contributed by atoms with Crippen molar-refractivity contribution in [3.8, 4) is 0 Å². The lowest BCUT2D eigenvalue weighted by molar-refractivity contribution is -0.125. The normalized spacial score (nSPS) is 13.0. The Hall–Kier alpha value is -0.420. The number of ketones is 1. The molecule has 4 nitrogen and oxygen atoms in total. The summed E-state index contributed by atoms with van der Waals surface area (Å²) in [6, 6.07) is 0. The van der Waals surface area contributed by atoms with Crippen molar-refractivity contribution in [1.29, 1.82) is 0 Å². The average Bonchev–Trinajstić information content (AvgIpc) is 1.78. The summed E-state index contributed by atoms with van der Waals surface area (Å²) in [5, 5.41) is 0. The maximum Gasteiger partial charge on any atom is 0.209 e. The molecular weight excluding hydrogens is 178 g/mol. The third kappa shape index (κ3) is 5.26. The monoisotopic (exact) mass is 193 g/mol. The van der Waals surface area contributed by atoms with E-state index in [2.05, 4.69) is 4.72 Å². The highest BCUT2D eigenvalue weighted by molar-refractivity contribution is 7.88. The molecule has 0 spiro atoms. The highest BCUT2D eigenvalue weighted by Gasteiger charge is 2.21. The first-order chi connectivity index (χ1) is 5.13. The van der Waals surface area contributed by atoms with Crippen LogP contribution in [-0.2, 0) is 14.8 Å². The second-order valence-electron chi connectivity index (χ2n) is 3.77. The van der Waals surface area contributed by atoms with Crippen LogP contribution in [-0.4, -0.2) is 27.0 Å². The van der Waals surface area contributed by atoms with Crippen LogP contribution in [0.2, 0.25) is 0 Å². The van der Waals surface area contributed by atoms with Gasteiger partial charge in [-0.05, 0) is 0 Å². The van der Waals surface area contributed by atoms with E-state index in [-0.39, 0.29) is 12.3 Å². The van der Waals surface area contributed by atoms with Crippen molar-refractivity contribution in [2.75, 3.05) is 12.8 Å². The molecule has 0 amide bonds. The van der Waals surface area contributed by atoms with Crippen LogP contribution >= 0.6 is 0 Å². The van der Waals surface area contributed by atoms with Gasteiger partial charge in [0, 0.05) is 5.41 Å². The van der Waals surface area contributed by atoms with Gasteiger partial charge in [0.15, 0.2) is 5.78 Å². The fraction of sp³-hybridized carbons (Fsp3) is 0.857. The molecule has 12 heavy (non-hydrogen) atoms. The van der Waals surface area contributed by atoms with E-state index in [4.69, 9.17) is 0 Å². The highest BCUT2D eigenvalue weighted by atomic mass is 32.2. The van der Waals surface area contributed by atoms with E-state index in [0.29, 0.717) is 0 Å². The molecule has 0 bridgehead atoms. The predicted octanol–water partition coefficient (Wildman–Crippen LogP) is 0.151. The van der Waals surface area contributed by atoms with Crippen molar-refractivity contribution in [3.63, 3.8) is 0 Å². The SMILES string of the molecule is CC(C)(C)C(=O)CNS(C)(=O)=O. The molecule has 5 heteroatoms. The lowest BCUT2D eigenvalue weighted by Gasteiger charge is -2.15. The number of Topliss-reactive ketones (excluding diaryl/α,β-unsaturated/α-hetero) is 1. The van der Waals surface area contributed by atoms with Crippen molar-refractivity contribution in [2.45, 2.75) is 20.8 Å². The van der Waals surface area contributed by atoms with Gasteiger partial charge in [0.05, 0.1) is 12.8 Å². The lowest BCUT2D eigenvalue weighted by atomic mass is 9.91. The molecule has 0 aromatic heterocycles. The van der Waals surface area contributed by atoms with Gasteiger partial charge >= 0.3 is 0 Å². The zero-order valence-corrected chi connectivity index (χ0v) is 8.66. The largest absolute Gasteiger partial charge is 0.298 e. The van der Waals surface area contributed by atoms with Crippen molar-refractivity contribution >= 4 is 15.8 Å². The molecule has 0 rings (SSSR count). The summed E-state index contributed by atoms with van der Waals surface area (Å²) in [5.41, 5.74) is -0.488. The summed E-state index contributed by atoms with van der Waals surface area (Å²) in [6.07, 6.45) is 1.03. The van der Waals surface area contributed by atoms with Crippen LogP contribution < -0.4 is 4.72 Å². The molecule has 0 fully saturated rings. The molecule has 0 aliphatic carbocycles. The summed E-state index contributed by atoms with van der Waals surface area (Å²) >= 11 is 0. The van der Waals surface area contributed by atoms with E-state index in [9.17, 15) is 13.2 Å². The Morgan fingerprint density at radius 2 is 1.75 bits per heavy atom. The van der Waals surface area contributed by atoms with Crippen LogP contribution in [0.4, 0.5) is 0 Å². The minimum absolute atomic E-state index is 0.118. The molecule has 0 heterocycles. The first kappa shape index (κ1) is 11.6. The summed E-state index contributed by atoms with van der Waals surface area (Å²) in [5.74, 6) is -0.118. The summed E-state index contributed by atoms with van der Waals surface area (Å²) in [4.78, 5) is 11.2. The van der Waals surface area contributed by atoms with Gasteiger partial charge in [0.1, 0.15) is 0 Å². The Morgan fingerprint density at radius 1 is 1.33 bits per heavy atom. The van der Waals surface area contributed by atoms with Gasteiger partial charge in [-0.1, -0.05) is 20.8 Å². The summed E-state index contributed by atoms with van der Waals surface area (Å²) in [6.45, 7) is 5.13. The molecule has 0 aliphatic rings. The molecule has 0 aromatic carbocycles. The fourth-order valence-corrected chi connectivity index (χ4v) is 0.855. The van der Waals surface area contributed by atoms with E-state index in [1.807, 2.05) is 0 Å². The Kier molecular flexibility index (Phi) is 3.41. The maximum absolute atomic E-state index is 11.2. The minimum atomic E-state index is -3.25. The molecule has 72 valence electrons. The minimum Gasteiger partial charge on any atom is -0.298 e. The number of hydrogen-bond acceptors (Lipinski definition) is 3. The molecule has 0 saturated heterocycles. The first-order valence-electron chi connectivity index (χ1n) is 3.61. The zero-order chi connectivity index (χ0) is 9.99. The highest BCUT2D eigenvalue weighted by Crippen LogP contribution is 2.13. The van der Waals surface area contributed by atoms with E-state index in [1.54, 1.807) is 20.8 Å². The molecular formula is C7H15NO3S. The van der Waals surface area contributed by atoms with E-state index >= 15 is 0 Å². The number of hydrogen-bond donors (Lipinski definition) is 1. The Balaban J connectivity index is 4.07. The quantitative estimate of drug-likeness (QED) is 0.694. The average molecular weight is 193 g/mol. The summed E-state index contributed by atoms with van der Waals surface area (Å²) < 4.78 is 23.3. The molecule has 0 aliphatic heterocycles. The lowest BCUT2D eigenvalue weighted by Crippen LogP contribution is -2.34. The van der Waals surface area contributed by atoms with Gasteiger partial charge in [-0.3, -0.25) is 4.79 Å². The Labute approximate surface area is 73.4 Å². The number of rotatable bonds is 3. The Morgan fingerprint density at radius 3 is 2.00 bits per heavy atom. The van der Waals surface area contributed by atoms with Crippen LogP contribution in [0, 0.1) is 5.41 Å². The number of carbonyl (C=O) groups is 1. The van der Waals surface area contributed by atoms with Gasteiger partial charge in [-0.2, -0.15) is 0 Å². The Bertz CT molecular complexity index is 261. The molecule has 0 atom stereocenters. The van der Waals surface area contributed by atoms with E-state index in [0.717, 1.165) is 6.26 Å². The maximum atomic E-state index is 11.2. The third-order valence-corrected chi connectivity index (χ3v) is 2.00. The topological polar surface area (TPSA) is 63.2 Å². The van der Waals surface area contributed by atoms with Gasteiger partial charge in [0.25, 0.3) is 0 Å². The van der Waals surface area contributed by atoms with Crippen LogP contribution in [0.3, 0.4) is 0 Å². The first-order valence-corrected chi connectivity index (χ1v) is 5.50. The molecule has 0 aromatic rings. The predicted molar refractivity (Wildman–Crippen MR) is 47.3 cm³/mol. The van der Waals surface area contributed by atoms with Crippen LogP contribution in [0.25, 0.3) is 0 Å². The zero-order valence-electron chi connectivity index (χ0n) is 7.84. The smallest absolute Gasteiger partial charge is 0.209 e. The summed E-state index contributed by atoms with van der Waals surface area (Å²) in [7, 11) is -3.25. The standard InChI is InChI=1S/C7H15NO3S/c1-7(2,3)6(9)5-8-12(4,10)11/h8H,5H2,1-4H3. The van der Waals surface area contributed by atoms with E-state index in [1.165, 1.54) is 0 Å². The van der Waals surface area contributed by atoms with Gasteiger partial charge in [-0.25, -0.2) is 13.1 Å². The van der Waals surface area contributed by atoms with Crippen LogP contribution in [0.1, 0.15) is 20.8 Å². The number of sulfonamides is 1. The van der Waals surface area contributed by atoms with Gasteiger partial charge < -0.3 is 0 Å². The van der Waals surface area contributed by atoms with E-state index < -0.39 is 15.4 Å². The number of nitrogens with one attached hydrogen (secondary N) is 1. The molecule has 0 unspecified atom stereocenters. The van der Waals surface area contributed by atoms with Crippen molar-refractivity contribution in [1.82, 2.24) is 4.72 Å². The van der Waals surface area contributed by atoms with Gasteiger partial charge in [0.2, 0.25) is 10.0 Å². The molecule has 1 N–H and O–H groups in total. The molecule has 0 radical (unpaired) electrons. The van der Waals surface area contributed by atoms with Crippen LogP contribution in [0.5, 0.6) is 0 Å². The second kappa shape index (κ2) is 3.53. The van der Waals surface area contributed by atoms with Crippen molar-refractivity contribution in [2.24, 2.45) is 5.41 Å². The second-order valence-corrected chi connectivity index (χ2v) is 5.60. The number of carbonyl (C=O) groups excluding carboxylic acids is 1. The molecule has 0 saturated carbocycles. The third-order valence-electron chi connectivity index (χ3n) is 1.33. The van der Waals surface area contributed by atoms with Gasteiger partial charge in [-0.15, -0.1) is 0 Å². The fourth-order valence-electron chi connectivity index (χ4n) is 0.462. The van der Waals surface area contributed by atoms with Crippen molar-refractivity contribution in [3.05, 3.63) is 0 Å².